The Labute approximate surface area is 159 Å². The SMILES string of the molecule is O=C([C@H]1COc2ccccc2O1)N1CCC[C@H](COCc2ccccc2)C1. The lowest BCUT2D eigenvalue weighted by Crippen LogP contribution is -2.50. The molecule has 4 rings (SSSR count). The third-order valence-electron chi connectivity index (χ3n) is 5.08. The van der Waals surface area contributed by atoms with Crippen molar-refractivity contribution in [2.45, 2.75) is 25.6 Å². The molecule has 5 heteroatoms. The molecule has 0 aromatic heterocycles. The zero-order chi connectivity index (χ0) is 18.5. The lowest BCUT2D eigenvalue weighted by atomic mass is 9.98. The van der Waals surface area contributed by atoms with Gasteiger partial charge in [0.25, 0.3) is 5.91 Å². The summed E-state index contributed by atoms with van der Waals surface area (Å²) in [7, 11) is 0. The van der Waals surface area contributed by atoms with Crippen molar-refractivity contribution < 1.29 is 19.0 Å². The summed E-state index contributed by atoms with van der Waals surface area (Å²) in [6.45, 7) is 3.04. The summed E-state index contributed by atoms with van der Waals surface area (Å²) in [5, 5.41) is 0. The molecule has 0 unspecified atom stereocenters. The Balaban J connectivity index is 1.28. The quantitative estimate of drug-likeness (QED) is 0.814. The van der Waals surface area contributed by atoms with Crippen LogP contribution in [0.5, 0.6) is 11.5 Å². The second-order valence-corrected chi connectivity index (χ2v) is 7.16. The minimum atomic E-state index is -0.566. The van der Waals surface area contributed by atoms with E-state index in [1.54, 1.807) is 0 Å². The number of carbonyl (C=O) groups excluding carboxylic acids is 1. The van der Waals surface area contributed by atoms with E-state index in [2.05, 4.69) is 12.1 Å². The van der Waals surface area contributed by atoms with Crippen LogP contribution in [0.15, 0.2) is 54.6 Å². The molecule has 1 amide bonds. The molecule has 0 bridgehead atoms. The topological polar surface area (TPSA) is 48.0 Å². The van der Waals surface area contributed by atoms with Gasteiger partial charge in [0.05, 0.1) is 13.2 Å². The van der Waals surface area contributed by atoms with Gasteiger partial charge in [0, 0.05) is 13.1 Å². The number of fused-ring (bicyclic) bond motifs is 1. The average molecular weight is 367 g/mol. The number of para-hydroxylation sites is 2. The highest BCUT2D eigenvalue weighted by molar-refractivity contribution is 5.82. The molecule has 2 heterocycles. The Morgan fingerprint density at radius 2 is 1.85 bits per heavy atom. The third kappa shape index (κ3) is 4.42. The van der Waals surface area contributed by atoms with Crippen molar-refractivity contribution in [2.75, 3.05) is 26.3 Å². The molecule has 2 aliphatic heterocycles. The molecule has 2 aromatic carbocycles. The van der Waals surface area contributed by atoms with Crippen molar-refractivity contribution in [2.24, 2.45) is 5.92 Å². The highest BCUT2D eigenvalue weighted by Gasteiger charge is 2.33. The van der Waals surface area contributed by atoms with Gasteiger partial charge in [-0.1, -0.05) is 42.5 Å². The number of likely N-dealkylation sites (tertiary alicyclic amines) is 1. The summed E-state index contributed by atoms with van der Waals surface area (Å²) in [6.07, 6.45) is 1.52. The van der Waals surface area contributed by atoms with Gasteiger partial charge in [-0.15, -0.1) is 0 Å². The Morgan fingerprint density at radius 1 is 1.07 bits per heavy atom. The number of amides is 1. The Hall–Kier alpha value is -2.53. The molecule has 142 valence electrons. The van der Waals surface area contributed by atoms with Crippen molar-refractivity contribution in [3.8, 4) is 11.5 Å². The summed E-state index contributed by atoms with van der Waals surface area (Å²) in [4.78, 5) is 14.8. The number of hydrogen-bond acceptors (Lipinski definition) is 4. The predicted molar refractivity (Wildman–Crippen MR) is 102 cm³/mol. The number of hydrogen-bond donors (Lipinski definition) is 0. The number of carbonyl (C=O) groups is 1. The second kappa shape index (κ2) is 8.44. The van der Waals surface area contributed by atoms with E-state index in [-0.39, 0.29) is 12.5 Å². The van der Waals surface area contributed by atoms with E-state index in [0.717, 1.165) is 25.9 Å². The number of piperidine rings is 1. The molecule has 1 saturated heterocycles. The van der Waals surface area contributed by atoms with E-state index in [1.807, 2.05) is 47.4 Å². The molecule has 2 aliphatic rings. The first-order chi connectivity index (χ1) is 13.3. The summed E-state index contributed by atoms with van der Waals surface area (Å²) < 4.78 is 17.5. The lowest BCUT2D eigenvalue weighted by molar-refractivity contribution is -0.143. The van der Waals surface area contributed by atoms with E-state index in [1.165, 1.54) is 5.56 Å². The molecule has 1 fully saturated rings. The highest BCUT2D eigenvalue weighted by Crippen LogP contribution is 2.31. The first-order valence-corrected chi connectivity index (χ1v) is 9.58. The van der Waals surface area contributed by atoms with Gasteiger partial charge in [-0.25, -0.2) is 0 Å². The first kappa shape index (κ1) is 17.9. The van der Waals surface area contributed by atoms with Crippen molar-refractivity contribution in [1.29, 1.82) is 0 Å². The minimum absolute atomic E-state index is 0.0114. The molecule has 0 radical (unpaired) electrons. The van der Waals surface area contributed by atoms with Gasteiger partial charge in [-0.2, -0.15) is 0 Å². The van der Waals surface area contributed by atoms with Crippen LogP contribution >= 0.6 is 0 Å². The van der Waals surface area contributed by atoms with E-state index in [4.69, 9.17) is 14.2 Å². The third-order valence-corrected chi connectivity index (χ3v) is 5.08. The van der Waals surface area contributed by atoms with Crippen LogP contribution in [0.3, 0.4) is 0 Å². The van der Waals surface area contributed by atoms with E-state index in [0.29, 0.717) is 30.6 Å². The highest BCUT2D eigenvalue weighted by atomic mass is 16.6. The van der Waals surface area contributed by atoms with Crippen molar-refractivity contribution in [1.82, 2.24) is 4.90 Å². The fraction of sp³-hybridized carbons (Fsp3) is 0.409. The summed E-state index contributed by atoms with van der Waals surface area (Å²) >= 11 is 0. The minimum Gasteiger partial charge on any atom is -0.485 e. The van der Waals surface area contributed by atoms with Gasteiger partial charge < -0.3 is 19.1 Å². The molecule has 0 saturated carbocycles. The monoisotopic (exact) mass is 367 g/mol. The fourth-order valence-corrected chi connectivity index (χ4v) is 3.66. The Bertz CT molecular complexity index is 764. The van der Waals surface area contributed by atoms with E-state index < -0.39 is 6.10 Å². The van der Waals surface area contributed by atoms with E-state index >= 15 is 0 Å². The zero-order valence-electron chi connectivity index (χ0n) is 15.4. The average Bonchev–Trinajstić information content (AvgIpc) is 2.74. The van der Waals surface area contributed by atoms with Crippen molar-refractivity contribution >= 4 is 5.91 Å². The molecule has 0 spiro atoms. The maximum absolute atomic E-state index is 12.9. The van der Waals surface area contributed by atoms with Gasteiger partial charge in [0.15, 0.2) is 11.5 Å². The Kier molecular flexibility index (Phi) is 5.58. The summed E-state index contributed by atoms with van der Waals surface area (Å²) in [5.74, 6) is 1.72. The molecule has 27 heavy (non-hydrogen) atoms. The van der Waals surface area contributed by atoms with Crippen LogP contribution < -0.4 is 9.47 Å². The number of nitrogens with zero attached hydrogens (tertiary/aromatic N) is 1. The largest absolute Gasteiger partial charge is 0.485 e. The molecule has 0 N–H and O–H groups in total. The van der Waals surface area contributed by atoms with Crippen LogP contribution in [-0.2, 0) is 16.1 Å². The number of ether oxygens (including phenoxy) is 3. The summed E-state index contributed by atoms with van der Waals surface area (Å²) in [5.41, 5.74) is 1.17. The van der Waals surface area contributed by atoms with Crippen molar-refractivity contribution in [3.63, 3.8) is 0 Å². The fourth-order valence-electron chi connectivity index (χ4n) is 3.66. The van der Waals surface area contributed by atoms with Gasteiger partial charge in [-0.05, 0) is 36.5 Å². The molecule has 0 aliphatic carbocycles. The van der Waals surface area contributed by atoms with Crippen LogP contribution in [-0.4, -0.2) is 43.2 Å². The summed E-state index contributed by atoms with van der Waals surface area (Å²) in [6, 6.07) is 17.6. The van der Waals surface area contributed by atoms with Gasteiger partial charge in [0.1, 0.15) is 6.61 Å². The molecular weight excluding hydrogens is 342 g/mol. The van der Waals surface area contributed by atoms with Crippen LogP contribution in [0.2, 0.25) is 0 Å². The van der Waals surface area contributed by atoms with Crippen LogP contribution in [0.1, 0.15) is 18.4 Å². The van der Waals surface area contributed by atoms with Crippen LogP contribution in [0, 0.1) is 5.92 Å². The molecule has 5 nitrogen and oxygen atoms in total. The standard InChI is InChI=1S/C22H25NO4/c24-22(21-16-26-19-10-4-5-11-20(19)27-21)23-12-6-9-18(13-23)15-25-14-17-7-2-1-3-8-17/h1-5,7-8,10-11,18,21H,6,9,12-16H2/t18-,21+/m0/s1. The van der Waals surface area contributed by atoms with Crippen LogP contribution in [0.25, 0.3) is 0 Å². The zero-order valence-corrected chi connectivity index (χ0v) is 15.4. The second-order valence-electron chi connectivity index (χ2n) is 7.16. The maximum Gasteiger partial charge on any atom is 0.267 e. The molecule has 2 aromatic rings. The Morgan fingerprint density at radius 3 is 2.70 bits per heavy atom. The lowest BCUT2D eigenvalue weighted by Gasteiger charge is -2.36. The van der Waals surface area contributed by atoms with Gasteiger partial charge >= 0.3 is 0 Å². The molecular formula is C22H25NO4. The number of benzene rings is 2. The normalized spacial score (nSPS) is 21.7. The number of rotatable bonds is 5. The van der Waals surface area contributed by atoms with Crippen LogP contribution in [0.4, 0.5) is 0 Å². The van der Waals surface area contributed by atoms with Gasteiger partial charge in [0.2, 0.25) is 6.10 Å². The molecule has 2 atom stereocenters. The smallest absolute Gasteiger partial charge is 0.267 e. The predicted octanol–water partition coefficient (Wildman–Crippen LogP) is 3.28. The maximum atomic E-state index is 12.9. The van der Waals surface area contributed by atoms with Crippen molar-refractivity contribution in [3.05, 3.63) is 60.2 Å². The van der Waals surface area contributed by atoms with E-state index in [9.17, 15) is 4.79 Å². The van der Waals surface area contributed by atoms with Gasteiger partial charge in [-0.3, -0.25) is 4.79 Å². The first-order valence-electron chi connectivity index (χ1n) is 9.58.